The van der Waals surface area contributed by atoms with E-state index in [2.05, 4.69) is 52.3 Å². The van der Waals surface area contributed by atoms with Crippen LogP contribution in [0.25, 0.3) is 11.3 Å². The highest BCUT2D eigenvalue weighted by atomic mass is 79.9. The van der Waals surface area contributed by atoms with E-state index in [1.54, 1.807) is 0 Å². The predicted molar refractivity (Wildman–Crippen MR) is 70.5 cm³/mol. The van der Waals surface area contributed by atoms with E-state index in [0.717, 1.165) is 4.47 Å². The highest BCUT2D eigenvalue weighted by Gasteiger charge is 2.14. The molecule has 16 heavy (non-hydrogen) atoms. The molecule has 2 nitrogen and oxygen atoms in total. The summed E-state index contributed by atoms with van der Waals surface area (Å²) in [5, 5.41) is 0. The number of hydrogen-bond donors (Lipinski definition) is 0. The quantitative estimate of drug-likeness (QED) is 0.805. The van der Waals surface area contributed by atoms with E-state index >= 15 is 0 Å². The van der Waals surface area contributed by atoms with E-state index in [4.69, 9.17) is 0 Å². The molecule has 0 saturated carbocycles. The average Bonchev–Trinajstić information content (AvgIpc) is 2.55. The molecule has 0 spiro atoms. The SMILES string of the molecule is Cc1cc(Br)c(-c2ccncc2)n1C(C)C. The van der Waals surface area contributed by atoms with Crippen molar-refractivity contribution in [3.05, 3.63) is 40.8 Å². The summed E-state index contributed by atoms with van der Waals surface area (Å²) in [6.07, 6.45) is 3.66. The zero-order chi connectivity index (χ0) is 11.7. The molecule has 0 radical (unpaired) electrons. The lowest BCUT2D eigenvalue weighted by Crippen LogP contribution is -2.04. The van der Waals surface area contributed by atoms with Gasteiger partial charge in [0.1, 0.15) is 0 Å². The highest BCUT2D eigenvalue weighted by Crippen LogP contribution is 2.33. The molecule has 0 fully saturated rings. The van der Waals surface area contributed by atoms with Crippen LogP contribution in [0.5, 0.6) is 0 Å². The third-order valence-corrected chi connectivity index (χ3v) is 3.26. The molecule has 0 aliphatic heterocycles. The monoisotopic (exact) mass is 278 g/mol. The van der Waals surface area contributed by atoms with Crippen LogP contribution in [0.3, 0.4) is 0 Å². The van der Waals surface area contributed by atoms with Crippen LogP contribution in [0, 0.1) is 6.92 Å². The molecule has 0 bridgehead atoms. The van der Waals surface area contributed by atoms with Crippen molar-refractivity contribution in [3.63, 3.8) is 0 Å². The van der Waals surface area contributed by atoms with Gasteiger partial charge in [-0.3, -0.25) is 4.98 Å². The molecule has 3 heteroatoms. The summed E-state index contributed by atoms with van der Waals surface area (Å²) in [6, 6.07) is 6.70. The minimum absolute atomic E-state index is 0.453. The Labute approximate surface area is 104 Å². The summed E-state index contributed by atoms with van der Waals surface area (Å²) >= 11 is 3.63. The molecule has 0 amide bonds. The normalized spacial score (nSPS) is 11.1. The maximum absolute atomic E-state index is 4.06. The van der Waals surface area contributed by atoms with Gasteiger partial charge in [-0.2, -0.15) is 0 Å². The van der Waals surface area contributed by atoms with Gasteiger partial charge in [-0.05, 0) is 54.9 Å². The molecule has 2 aromatic rings. The van der Waals surface area contributed by atoms with Crippen LogP contribution < -0.4 is 0 Å². The Morgan fingerprint density at radius 2 is 1.88 bits per heavy atom. The molecular formula is C13H15BrN2. The second-order valence-electron chi connectivity index (χ2n) is 4.18. The van der Waals surface area contributed by atoms with Gasteiger partial charge in [0.15, 0.2) is 0 Å². The third kappa shape index (κ3) is 1.92. The first-order valence-electron chi connectivity index (χ1n) is 5.39. The average molecular weight is 279 g/mol. The van der Waals surface area contributed by atoms with Crippen molar-refractivity contribution < 1.29 is 0 Å². The Morgan fingerprint density at radius 3 is 2.44 bits per heavy atom. The van der Waals surface area contributed by atoms with E-state index in [0.29, 0.717) is 6.04 Å². The molecule has 0 aromatic carbocycles. The molecule has 2 rings (SSSR count). The molecule has 0 unspecified atom stereocenters. The Kier molecular flexibility index (Phi) is 3.15. The van der Waals surface area contributed by atoms with Crippen molar-refractivity contribution in [2.75, 3.05) is 0 Å². The Bertz CT molecular complexity index is 486. The molecular weight excluding hydrogens is 264 g/mol. The first-order valence-corrected chi connectivity index (χ1v) is 6.18. The number of aromatic nitrogens is 2. The van der Waals surface area contributed by atoms with Crippen molar-refractivity contribution in [3.8, 4) is 11.3 Å². The number of halogens is 1. The standard InChI is InChI=1S/C13H15BrN2/c1-9(2)16-10(3)8-12(14)13(16)11-4-6-15-7-5-11/h4-9H,1-3H3. The van der Waals surface area contributed by atoms with Crippen molar-refractivity contribution in [2.24, 2.45) is 0 Å². The van der Waals surface area contributed by atoms with Gasteiger partial charge in [0.2, 0.25) is 0 Å². The first-order chi connectivity index (χ1) is 7.61. The Hall–Kier alpha value is -1.09. The first kappa shape index (κ1) is 11.4. The van der Waals surface area contributed by atoms with E-state index in [9.17, 15) is 0 Å². The van der Waals surface area contributed by atoms with Crippen molar-refractivity contribution in [1.82, 2.24) is 9.55 Å². The molecule has 2 heterocycles. The fraction of sp³-hybridized carbons (Fsp3) is 0.308. The second kappa shape index (κ2) is 4.42. The summed E-state index contributed by atoms with van der Waals surface area (Å²) < 4.78 is 3.48. The van der Waals surface area contributed by atoms with Crippen molar-refractivity contribution >= 4 is 15.9 Å². The fourth-order valence-corrected chi connectivity index (χ4v) is 2.82. The molecule has 0 atom stereocenters. The molecule has 0 aliphatic carbocycles. The molecule has 0 aliphatic rings. The summed E-state index contributed by atoms with van der Waals surface area (Å²) in [4.78, 5) is 4.06. The lowest BCUT2D eigenvalue weighted by molar-refractivity contribution is 0.594. The van der Waals surface area contributed by atoms with E-state index < -0.39 is 0 Å². The van der Waals surface area contributed by atoms with Crippen LogP contribution in [0.2, 0.25) is 0 Å². The number of pyridine rings is 1. The number of rotatable bonds is 2. The van der Waals surface area contributed by atoms with Crippen LogP contribution in [-0.4, -0.2) is 9.55 Å². The van der Waals surface area contributed by atoms with E-state index in [-0.39, 0.29) is 0 Å². The van der Waals surface area contributed by atoms with Crippen LogP contribution >= 0.6 is 15.9 Å². The van der Waals surface area contributed by atoms with Crippen LogP contribution in [0.1, 0.15) is 25.6 Å². The fourth-order valence-electron chi connectivity index (χ4n) is 2.06. The van der Waals surface area contributed by atoms with E-state index in [1.807, 2.05) is 24.5 Å². The molecule has 84 valence electrons. The van der Waals surface area contributed by atoms with Gasteiger partial charge in [-0.15, -0.1) is 0 Å². The maximum atomic E-state index is 4.06. The smallest absolute Gasteiger partial charge is 0.0630 e. The Morgan fingerprint density at radius 1 is 1.25 bits per heavy atom. The summed E-state index contributed by atoms with van der Waals surface area (Å²) in [6.45, 7) is 6.53. The minimum Gasteiger partial charge on any atom is -0.341 e. The van der Waals surface area contributed by atoms with Crippen LogP contribution in [-0.2, 0) is 0 Å². The van der Waals surface area contributed by atoms with Gasteiger partial charge < -0.3 is 4.57 Å². The third-order valence-electron chi connectivity index (χ3n) is 2.65. The van der Waals surface area contributed by atoms with E-state index in [1.165, 1.54) is 17.0 Å². The van der Waals surface area contributed by atoms with Crippen molar-refractivity contribution in [2.45, 2.75) is 26.8 Å². The van der Waals surface area contributed by atoms with Crippen molar-refractivity contribution in [1.29, 1.82) is 0 Å². The van der Waals surface area contributed by atoms with Gasteiger partial charge >= 0.3 is 0 Å². The van der Waals surface area contributed by atoms with Gasteiger partial charge in [0.25, 0.3) is 0 Å². The maximum Gasteiger partial charge on any atom is 0.0630 e. The van der Waals surface area contributed by atoms with Gasteiger partial charge in [0.05, 0.1) is 5.69 Å². The lowest BCUT2D eigenvalue weighted by atomic mass is 10.2. The molecule has 2 aromatic heterocycles. The lowest BCUT2D eigenvalue weighted by Gasteiger charge is -2.16. The van der Waals surface area contributed by atoms with Gasteiger partial charge in [-0.1, -0.05) is 0 Å². The second-order valence-corrected chi connectivity index (χ2v) is 5.04. The highest BCUT2D eigenvalue weighted by molar-refractivity contribution is 9.10. The topological polar surface area (TPSA) is 17.8 Å². The largest absolute Gasteiger partial charge is 0.341 e. The summed E-state index contributed by atoms with van der Waals surface area (Å²) in [7, 11) is 0. The number of nitrogens with zero attached hydrogens (tertiary/aromatic N) is 2. The number of hydrogen-bond acceptors (Lipinski definition) is 1. The minimum atomic E-state index is 0.453. The molecule has 0 N–H and O–H groups in total. The molecule has 0 saturated heterocycles. The summed E-state index contributed by atoms with van der Waals surface area (Å²) in [5.41, 5.74) is 3.70. The summed E-state index contributed by atoms with van der Waals surface area (Å²) in [5.74, 6) is 0. The predicted octanol–water partition coefficient (Wildman–Crippen LogP) is 4.20. The zero-order valence-electron chi connectivity index (χ0n) is 9.74. The van der Waals surface area contributed by atoms with Crippen LogP contribution in [0.4, 0.5) is 0 Å². The van der Waals surface area contributed by atoms with Gasteiger partial charge in [0, 0.05) is 34.2 Å². The number of aryl methyl sites for hydroxylation is 1. The van der Waals surface area contributed by atoms with Gasteiger partial charge in [-0.25, -0.2) is 0 Å². The zero-order valence-corrected chi connectivity index (χ0v) is 11.3. The Balaban J connectivity index is 2.65. The van der Waals surface area contributed by atoms with Crippen LogP contribution in [0.15, 0.2) is 35.1 Å².